The van der Waals surface area contributed by atoms with Gasteiger partial charge in [-0.3, -0.25) is 4.79 Å². The lowest BCUT2D eigenvalue weighted by molar-refractivity contribution is -0.123. The molecule has 0 unspecified atom stereocenters. The molecule has 0 atom stereocenters. The van der Waals surface area contributed by atoms with E-state index in [0.717, 1.165) is 19.3 Å². The van der Waals surface area contributed by atoms with E-state index in [1.165, 1.54) is 7.11 Å². The van der Waals surface area contributed by atoms with Gasteiger partial charge in [-0.25, -0.2) is 4.79 Å². The summed E-state index contributed by atoms with van der Waals surface area (Å²) < 4.78 is 4.59. The van der Waals surface area contributed by atoms with E-state index in [1.807, 2.05) is 0 Å². The summed E-state index contributed by atoms with van der Waals surface area (Å²) in [4.78, 5) is 23.1. The predicted molar refractivity (Wildman–Crippen MR) is 67.2 cm³/mol. The Morgan fingerprint density at radius 1 is 1.28 bits per heavy atom. The van der Waals surface area contributed by atoms with Crippen LogP contribution in [0.25, 0.3) is 0 Å². The highest BCUT2D eigenvalue weighted by Crippen LogP contribution is 2.30. The predicted octanol–water partition coefficient (Wildman–Crippen LogP) is 1.29. The van der Waals surface area contributed by atoms with Crippen LogP contribution in [-0.4, -0.2) is 24.5 Å². The van der Waals surface area contributed by atoms with Crippen LogP contribution in [0.5, 0.6) is 0 Å². The van der Waals surface area contributed by atoms with Gasteiger partial charge in [0, 0.05) is 5.69 Å². The maximum atomic E-state index is 11.9. The molecule has 5 heteroatoms. The van der Waals surface area contributed by atoms with Gasteiger partial charge in [0.2, 0.25) is 5.91 Å². The monoisotopic (exact) mass is 248 g/mol. The van der Waals surface area contributed by atoms with Crippen LogP contribution >= 0.6 is 0 Å². The summed E-state index contributed by atoms with van der Waals surface area (Å²) in [6, 6.07) is 6.52. The second-order valence-electron chi connectivity index (χ2n) is 4.53. The second kappa shape index (κ2) is 4.78. The zero-order chi connectivity index (χ0) is 13.2. The van der Waals surface area contributed by atoms with Crippen molar-refractivity contribution in [3.8, 4) is 0 Å². The minimum atomic E-state index is -0.721. The Hall–Kier alpha value is -1.88. The average molecular weight is 248 g/mol. The summed E-state index contributed by atoms with van der Waals surface area (Å²) in [6.07, 6.45) is 2.43. The van der Waals surface area contributed by atoms with Crippen LogP contribution in [0.4, 0.5) is 5.69 Å². The summed E-state index contributed by atoms with van der Waals surface area (Å²) in [5.41, 5.74) is 6.26. The number of esters is 1. The van der Waals surface area contributed by atoms with Gasteiger partial charge in [-0.05, 0) is 43.5 Å². The van der Waals surface area contributed by atoms with Crippen LogP contribution in [0.15, 0.2) is 24.3 Å². The van der Waals surface area contributed by atoms with Gasteiger partial charge in [-0.1, -0.05) is 0 Å². The van der Waals surface area contributed by atoms with Crippen molar-refractivity contribution in [3.63, 3.8) is 0 Å². The smallest absolute Gasteiger partial charge is 0.337 e. The fourth-order valence-corrected chi connectivity index (χ4v) is 1.85. The first-order chi connectivity index (χ1) is 8.55. The van der Waals surface area contributed by atoms with Crippen molar-refractivity contribution in [2.75, 3.05) is 12.4 Å². The third kappa shape index (κ3) is 2.36. The van der Waals surface area contributed by atoms with Gasteiger partial charge in [0.25, 0.3) is 0 Å². The van der Waals surface area contributed by atoms with Crippen molar-refractivity contribution in [2.24, 2.45) is 5.73 Å². The highest BCUT2D eigenvalue weighted by Gasteiger charge is 2.40. The van der Waals surface area contributed by atoms with E-state index >= 15 is 0 Å². The molecule has 1 aliphatic rings. The zero-order valence-electron chi connectivity index (χ0n) is 10.2. The van der Waals surface area contributed by atoms with Crippen LogP contribution in [-0.2, 0) is 9.53 Å². The number of nitrogens with two attached hydrogens (primary N) is 1. The molecule has 1 saturated carbocycles. The van der Waals surface area contributed by atoms with Crippen molar-refractivity contribution in [3.05, 3.63) is 29.8 Å². The fourth-order valence-electron chi connectivity index (χ4n) is 1.85. The molecular formula is C13H16N2O3. The van der Waals surface area contributed by atoms with Crippen molar-refractivity contribution < 1.29 is 14.3 Å². The van der Waals surface area contributed by atoms with Gasteiger partial charge in [-0.15, -0.1) is 0 Å². The normalized spacial score (nSPS) is 16.6. The van der Waals surface area contributed by atoms with Gasteiger partial charge in [0.1, 0.15) is 0 Å². The number of methoxy groups -OCH3 is 1. The lowest BCUT2D eigenvalue weighted by Gasteiger charge is -2.36. The number of rotatable bonds is 3. The number of nitrogens with one attached hydrogen (secondary N) is 1. The Labute approximate surface area is 105 Å². The Morgan fingerprint density at radius 3 is 2.33 bits per heavy atom. The first kappa shape index (κ1) is 12.6. The molecule has 1 amide bonds. The van der Waals surface area contributed by atoms with Gasteiger partial charge in [0.15, 0.2) is 0 Å². The van der Waals surface area contributed by atoms with E-state index in [9.17, 15) is 9.59 Å². The van der Waals surface area contributed by atoms with Gasteiger partial charge in [-0.2, -0.15) is 0 Å². The standard InChI is InChI=1S/C13H16N2O3/c1-18-11(16)9-3-5-10(6-4-9)15-12(17)13(14)7-2-8-13/h3-6H,2,7-8,14H2,1H3,(H,15,17). The average Bonchev–Trinajstić information content (AvgIpc) is 2.35. The summed E-state index contributed by atoms with van der Waals surface area (Å²) in [7, 11) is 1.33. The molecule has 1 aromatic carbocycles. The molecule has 0 bridgehead atoms. The van der Waals surface area contributed by atoms with Crippen molar-refractivity contribution >= 4 is 17.6 Å². The highest BCUT2D eigenvalue weighted by molar-refractivity contribution is 5.99. The molecule has 1 fully saturated rings. The molecule has 3 N–H and O–H groups in total. The number of amides is 1. The van der Waals surface area contributed by atoms with Gasteiger partial charge in [0.05, 0.1) is 18.2 Å². The van der Waals surface area contributed by atoms with E-state index in [-0.39, 0.29) is 5.91 Å². The van der Waals surface area contributed by atoms with E-state index in [0.29, 0.717) is 11.3 Å². The Morgan fingerprint density at radius 2 is 1.89 bits per heavy atom. The lowest BCUT2D eigenvalue weighted by Crippen LogP contribution is -2.56. The third-order valence-electron chi connectivity index (χ3n) is 3.26. The number of benzene rings is 1. The molecule has 2 rings (SSSR count). The number of anilines is 1. The molecule has 0 radical (unpaired) electrons. The molecule has 0 aliphatic heterocycles. The number of ether oxygens (including phenoxy) is 1. The minimum Gasteiger partial charge on any atom is -0.465 e. The SMILES string of the molecule is COC(=O)c1ccc(NC(=O)C2(N)CCC2)cc1. The maximum Gasteiger partial charge on any atom is 0.337 e. The largest absolute Gasteiger partial charge is 0.465 e. The third-order valence-corrected chi connectivity index (χ3v) is 3.26. The van der Waals surface area contributed by atoms with Crippen LogP contribution < -0.4 is 11.1 Å². The van der Waals surface area contributed by atoms with Crippen molar-refractivity contribution in [1.82, 2.24) is 0 Å². The lowest BCUT2D eigenvalue weighted by atomic mass is 9.77. The van der Waals surface area contributed by atoms with Crippen LogP contribution in [0, 0.1) is 0 Å². The number of hydrogen-bond acceptors (Lipinski definition) is 4. The molecule has 96 valence electrons. The van der Waals surface area contributed by atoms with Gasteiger partial charge >= 0.3 is 5.97 Å². The molecule has 5 nitrogen and oxygen atoms in total. The maximum absolute atomic E-state index is 11.9. The molecule has 18 heavy (non-hydrogen) atoms. The van der Waals surface area contributed by atoms with E-state index in [2.05, 4.69) is 10.1 Å². The van der Waals surface area contributed by atoms with Crippen LogP contribution in [0.1, 0.15) is 29.6 Å². The van der Waals surface area contributed by atoms with Crippen LogP contribution in [0.3, 0.4) is 0 Å². The van der Waals surface area contributed by atoms with E-state index in [1.54, 1.807) is 24.3 Å². The summed E-state index contributed by atoms with van der Waals surface area (Å²) in [5.74, 6) is -0.568. The highest BCUT2D eigenvalue weighted by atomic mass is 16.5. The topological polar surface area (TPSA) is 81.4 Å². The molecular weight excluding hydrogens is 232 g/mol. The molecule has 0 spiro atoms. The minimum absolute atomic E-state index is 0.167. The summed E-state index contributed by atoms with van der Waals surface area (Å²) in [6.45, 7) is 0. The quantitative estimate of drug-likeness (QED) is 0.790. The molecule has 0 heterocycles. The van der Waals surface area contributed by atoms with Crippen LogP contribution in [0.2, 0.25) is 0 Å². The first-order valence-electron chi connectivity index (χ1n) is 5.84. The number of carbonyl (C=O) groups excluding carboxylic acids is 2. The Kier molecular flexibility index (Phi) is 3.34. The fraction of sp³-hybridized carbons (Fsp3) is 0.385. The first-order valence-corrected chi connectivity index (χ1v) is 5.84. The zero-order valence-corrected chi connectivity index (χ0v) is 10.2. The molecule has 0 saturated heterocycles. The molecule has 1 aromatic rings. The van der Waals surface area contributed by atoms with Crippen molar-refractivity contribution in [2.45, 2.75) is 24.8 Å². The number of hydrogen-bond donors (Lipinski definition) is 2. The Bertz CT molecular complexity index is 464. The molecule has 1 aliphatic carbocycles. The number of carbonyl (C=O) groups is 2. The molecule has 0 aromatic heterocycles. The van der Waals surface area contributed by atoms with Gasteiger partial charge < -0.3 is 15.8 Å². The summed E-state index contributed by atoms with van der Waals surface area (Å²) in [5, 5.41) is 2.75. The summed E-state index contributed by atoms with van der Waals surface area (Å²) >= 11 is 0. The van der Waals surface area contributed by atoms with E-state index in [4.69, 9.17) is 5.73 Å². The second-order valence-corrected chi connectivity index (χ2v) is 4.53. The van der Waals surface area contributed by atoms with Crippen molar-refractivity contribution in [1.29, 1.82) is 0 Å². The van der Waals surface area contributed by atoms with E-state index < -0.39 is 11.5 Å². The Balaban J connectivity index is 2.02.